The summed E-state index contributed by atoms with van der Waals surface area (Å²) < 4.78 is 32.6. The normalized spacial score (nSPS) is 47.0. The zero-order chi connectivity index (χ0) is 20.2. The minimum absolute atomic E-state index is 0.387. The van der Waals surface area contributed by atoms with Gasteiger partial charge in [-0.1, -0.05) is 0 Å². The lowest BCUT2D eigenvalue weighted by Gasteiger charge is -2.57. The zero-order valence-corrected chi connectivity index (χ0v) is 18.1. The van der Waals surface area contributed by atoms with Gasteiger partial charge < -0.3 is 9.64 Å². The van der Waals surface area contributed by atoms with Crippen LogP contribution in [0.4, 0.5) is 0 Å². The highest BCUT2D eigenvalue weighted by Crippen LogP contribution is 2.63. The van der Waals surface area contributed by atoms with E-state index < -0.39 is 15.9 Å². The Labute approximate surface area is 168 Å². The quantitative estimate of drug-likeness (QED) is 0.546. The molecular weight excluding hydrogens is 382 g/mol. The lowest BCUT2D eigenvalue weighted by Crippen LogP contribution is -2.59. The molecule has 0 aromatic rings. The molecule has 6 aliphatic rings. The van der Waals surface area contributed by atoms with Gasteiger partial charge in [0.1, 0.15) is 0 Å². The van der Waals surface area contributed by atoms with Gasteiger partial charge in [0.05, 0.1) is 6.26 Å². The number of ether oxygens (including phenoxy) is 1. The molecule has 0 aromatic heterocycles. The average molecular weight is 418 g/mol. The number of nitrogens with zero attached hydrogens (tertiary/aromatic N) is 1. The summed E-state index contributed by atoms with van der Waals surface area (Å²) in [6.45, 7) is 1.18. The van der Waals surface area contributed by atoms with Crippen molar-refractivity contribution >= 4 is 10.1 Å². The minimum Gasteiger partial charge on any atom is -0.312 e. The molecule has 5 saturated carbocycles. The predicted molar refractivity (Wildman–Crippen MR) is 104 cm³/mol. The van der Waals surface area contributed by atoms with Crippen LogP contribution in [0.3, 0.4) is 0 Å². The molecule has 2 spiro atoms. The molecule has 28 heavy (non-hydrogen) atoms. The molecule has 1 saturated heterocycles. The fourth-order valence-corrected chi connectivity index (χ4v) is 6.61. The molecule has 8 heteroatoms. The van der Waals surface area contributed by atoms with Crippen molar-refractivity contribution in [1.82, 2.24) is 4.90 Å². The molecule has 6 fully saturated rings. The van der Waals surface area contributed by atoms with Crippen LogP contribution in [0.5, 0.6) is 0 Å². The Balaban J connectivity index is 0.000000346. The molecule has 7 nitrogen and oxygen atoms in total. The van der Waals surface area contributed by atoms with Crippen molar-refractivity contribution in [2.24, 2.45) is 29.6 Å². The highest BCUT2D eigenvalue weighted by atomic mass is 32.2. The third-order valence-corrected chi connectivity index (χ3v) is 7.44. The minimum atomic E-state index is -3.67. The van der Waals surface area contributed by atoms with E-state index in [2.05, 4.69) is 19.0 Å². The van der Waals surface area contributed by atoms with Gasteiger partial charge >= 0.3 is 0 Å². The molecule has 5 aliphatic carbocycles. The molecule has 0 amide bonds. The average Bonchev–Trinajstić information content (AvgIpc) is 2.93. The molecule has 1 aliphatic heterocycles. The van der Waals surface area contributed by atoms with Crippen LogP contribution in [0, 0.1) is 29.6 Å². The second-order valence-electron chi connectivity index (χ2n) is 10.1. The van der Waals surface area contributed by atoms with Crippen LogP contribution in [0.25, 0.3) is 0 Å². The molecule has 162 valence electrons. The second-order valence-corrected chi connectivity index (χ2v) is 11.6. The maximum Gasteiger partial charge on any atom is 0.261 e. The van der Waals surface area contributed by atoms with Gasteiger partial charge in [-0.05, 0) is 76.8 Å². The van der Waals surface area contributed by atoms with Crippen LogP contribution < -0.4 is 0 Å². The number of hydrogen-bond donors (Lipinski definition) is 1. The van der Waals surface area contributed by atoms with Crippen LogP contribution in [-0.4, -0.2) is 56.3 Å². The first-order valence-electron chi connectivity index (χ1n) is 10.7. The molecular formula is C20H35NO6S. The summed E-state index contributed by atoms with van der Waals surface area (Å²) in [6.07, 6.45) is 11.8. The molecule has 0 unspecified atom stereocenters. The van der Waals surface area contributed by atoms with E-state index in [1.165, 1.54) is 51.5 Å². The van der Waals surface area contributed by atoms with Crippen LogP contribution in [-0.2, 0) is 24.6 Å². The Morgan fingerprint density at radius 3 is 1.93 bits per heavy atom. The summed E-state index contributed by atoms with van der Waals surface area (Å²) in [5.41, 5.74) is 0. The molecule has 1 heterocycles. The lowest BCUT2D eigenvalue weighted by molar-refractivity contribution is -0.390. The highest BCUT2D eigenvalue weighted by molar-refractivity contribution is 7.85. The first-order chi connectivity index (χ1) is 13.1. The highest BCUT2D eigenvalue weighted by Gasteiger charge is 2.66. The summed E-state index contributed by atoms with van der Waals surface area (Å²) in [6, 6.07) is 0. The Bertz CT molecular complexity index is 634. The summed E-state index contributed by atoms with van der Waals surface area (Å²) in [5, 5.41) is 0. The van der Waals surface area contributed by atoms with Gasteiger partial charge in [-0.2, -0.15) is 18.2 Å². The lowest BCUT2D eigenvalue weighted by atomic mass is 9.53. The van der Waals surface area contributed by atoms with E-state index in [0.29, 0.717) is 18.1 Å². The van der Waals surface area contributed by atoms with Crippen molar-refractivity contribution in [3.05, 3.63) is 0 Å². The standard InChI is InChI=1S/C19H31NO3.CH4O3S/c1-20(2)12-13-3-5-18(6-4-13)21-19(23-22-18)16-8-14-7-15(10-16)11-17(19)9-14;1-5(2,3)4/h13-17H,3-12H2,1-2H3;1H3,(H,2,3,4). The molecule has 0 atom stereocenters. The monoisotopic (exact) mass is 417 g/mol. The number of rotatable bonds is 2. The van der Waals surface area contributed by atoms with Gasteiger partial charge in [0.2, 0.25) is 11.6 Å². The van der Waals surface area contributed by atoms with E-state index in [0.717, 1.165) is 30.6 Å². The van der Waals surface area contributed by atoms with Crippen LogP contribution in [0.1, 0.15) is 57.8 Å². The van der Waals surface area contributed by atoms with Crippen LogP contribution in [0.2, 0.25) is 0 Å². The van der Waals surface area contributed by atoms with Gasteiger partial charge in [-0.15, -0.1) is 0 Å². The zero-order valence-electron chi connectivity index (χ0n) is 17.3. The topological polar surface area (TPSA) is 85.3 Å². The van der Waals surface area contributed by atoms with Gasteiger partial charge in [0, 0.05) is 31.2 Å². The van der Waals surface area contributed by atoms with E-state index >= 15 is 0 Å². The van der Waals surface area contributed by atoms with Crippen LogP contribution in [0.15, 0.2) is 0 Å². The SMILES string of the molecule is CN(C)CC1CCC2(CC1)OOC1(O2)C2CC3CC(C2)CC1C3.CS(=O)(=O)O. The van der Waals surface area contributed by atoms with E-state index in [9.17, 15) is 8.42 Å². The van der Waals surface area contributed by atoms with E-state index in [-0.39, 0.29) is 5.79 Å². The Morgan fingerprint density at radius 1 is 0.964 bits per heavy atom. The van der Waals surface area contributed by atoms with E-state index in [1.807, 2.05) is 0 Å². The third kappa shape index (κ3) is 4.27. The first kappa shape index (κ1) is 21.0. The Hall–Kier alpha value is -0.250. The Morgan fingerprint density at radius 2 is 1.46 bits per heavy atom. The maximum atomic E-state index is 9.19. The first-order valence-corrected chi connectivity index (χ1v) is 12.6. The largest absolute Gasteiger partial charge is 0.312 e. The Kier molecular flexibility index (Phi) is 5.60. The van der Waals surface area contributed by atoms with Crippen LogP contribution >= 0.6 is 0 Å². The van der Waals surface area contributed by atoms with Gasteiger partial charge in [0.25, 0.3) is 10.1 Å². The summed E-state index contributed by atoms with van der Waals surface area (Å²) >= 11 is 0. The molecule has 6 rings (SSSR count). The van der Waals surface area contributed by atoms with Crippen molar-refractivity contribution in [2.45, 2.75) is 69.4 Å². The van der Waals surface area contributed by atoms with Crippen molar-refractivity contribution in [1.29, 1.82) is 0 Å². The molecule has 0 aromatic carbocycles. The van der Waals surface area contributed by atoms with Crippen molar-refractivity contribution in [3.8, 4) is 0 Å². The summed E-state index contributed by atoms with van der Waals surface area (Å²) in [5.74, 6) is 2.98. The smallest absolute Gasteiger partial charge is 0.261 e. The summed E-state index contributed by atoms with van der Waals surface area (Å²) in [4.78, 5) is 14.4. The fraction of sp³-hybridized carbons (Fsp3) is 1.00. The van der Waals surface area contributed by atoms with Gasteiger partial charge in [0.15, 0.2) is 0 Å². The predicted octanol–water partition coefficient (Wildman–Crippen LogP) is 3.07. The van der Waals surface area contributed by atoms with Crippen molar-refractivity contribution < 1.29 is 27.5 Å². The van der Waals surface area contributed by atoms with Crippen molar-refractivity contribution in [3.63, 3.8) is 0 Å². The second kappa shape index (κ2) is 7.46. The van der Waals surface area contributed by atoms with E-state index in [4.69, 9.17) is 19.1 Å². The molecule has 0 radical (unpaired) electrons. The maximum absolute atomic E-state index is 9.19. The van der Waals surface area contributed by atoms with Gasteiger partial charge in [-0.3, -0.25) is 4.55 Å². The molecule has 1 N–H and O–H groups in total. The summed E-state index contributed by atoms with van der Waals surface area (Å²) in [7, 11) is 0.666. The van der Waals surface area contributed by atoms with Crippen molar-refractivity contribution in [2.75, 3.05) is 26.9 Å². The molecule has 4 bridgehead atoms. The third-order valence-electron chi connectivity index (χ3n) is 7.44. The number of hydrogen-bond acceptors (Lipinski definition) is 6. The fourth-order valence-electron chi connectivity index (χ4n) is 6.61. The van der Waals surface area contributed by atoms with E-state index in [1.54, 1.807) is 0 Å². The van der Waals surface area contributed by atoms with Gasteiger partial charge in [-0.25, -0.2) is 0 Å².